The average molecular weight is 422 g/mol. The number of aryl methyl sites for hydroxylation is 1. The van der Waals surface area contributed by atoms with Crippen molar-refractivity contribution in [2.75, 3.05) is 4.90 Å². The molecule has 0 unspecified atom stereocenters. The normalized spacial score (nSPS) is 10.9. The van der Waals surface area contributed by atoms with Gasteiger partial charge >= 0.3 is 0 Å². The maximum atomic E-state index is 13.5. The van der Waals surface area contributed by atoms with E-state index in [1.54, 1.807) is 47.8 Å². The molecule has 2 aromatic heterocycles. The van der Waals surface area contributed by atoms with Crippen LogP contribution in [0.2, 0.25) is 10.0 Å². The minimum atomic E-state index is -0.156. The molecule has 4 aromatic rings. The molecule has 0 saturated carbocycles. The Kier molecular flexibility index (Phi) is 5.47. The van der Waals surface area contributed by atoms with Crippen LogP contribution in [0.25, 0.3) is 10.9 Å². The van der Waals surface area contributed by atoms with Crippen molar-refractivity contribution in [1.82, 2.24) is 9.97 Å². The number of halogens is 2. The number of anilines is 1. The maximum Gasteiger partial charge on any atom is 0.258 e. The number of benzene rings is 2. The van der Waals surface area contributed by atoms with Crippen LogP contribution < -0.4 is 4.90 Å². The van der Waals surface area contributed by atoms with E-state index in [0.29, 0.717) is 27.8 Å². The van der Waals surface area contributed by atoms with E-state index >= 15 is 0 Å². The van der Waals surface area contributed by atoms with Crippen molar-refractivity contribution in [2.45, 2.75) is 13.5 Å². The molecular weight excluding hydrogens is 405 g/mol. The average Bonchev–Trinajstić information content (AvgIpc) is 2.71. The summed E-state index contributed by atoms with van der Waals surface area (Å²) in [4.78, 5) is 23.8. The van der Waals surface area contributed by atoms with Gasteiger partial charge in [0.25, 0.3) is 5.91 Å². The van der Waals surface area contributed by atoms with Gasteiger partial charge in [0.1, 0.15) is 0 Å². The van der Waals surface area contributed by atoms with Crippen LogP contribution in [-0.4, -0.2) is 15.9 Å². The first kappa shape index (κ1) is 19.4. The molecule has 0 atom stereocenters. The summed E-state index contributed by atoms with van der Waals surface area (Å²) in [7, 11) is 0. The molecule has 4 nitrogen and oxygen atoms in total. The second-order valence-corrected chi connectivity index (χ2v) is 7.57. The summed E-state index contributed by atoms with van der Waals surface area (Å²) in [6.45, 7) is 2.19. The van der Waals surface area contributed by atoms with E-state index in [-0.39, 0.29) is 5.91 Å². The molecule has 6 heteroatoms. The summed E-state index contributed by atoms with van der Waals surface area (Å²) in [5.41, 5.74) is 3.78. The van der Waals surface area contributed by atoms with Crippen molar-refractivity contribution in [1.29, 1.82) is 0 Å². The first-order chi connectivity index (χ1) is 14.0. The van der Waals surface area contributed by atoms with Crippen molar-refractivity contribution >= 4 is 45.7 Å². The first-order valence-corrected chi connectivity index (χ1v) is 9.80. The fourth-order valence-electron chi connectivity index (χ4n) is 3.30. The molecule has 0 aliphatic rings. The van der Waals surface area contributed by atoms with Gasteiger partial charge in [0.2, 0.25) is 0 Å². The number of rotatable bonds is 4. The Morgan fingerprint density at radius 3 is 2.52 bits per heavy atom. The lowest BCUT2D eigenvalue weighted by molar-refractivity contribution is 0.0984. The molecule has 0 radical (unpaired) electrons. The zero-order chi connectivity index (χ0) is 20.4. The summed E-state index contributed by atoms with van der Waals surface area (Å²) in [5, 5.41) is 1.95. The van der Waals surface area contributed by atoms with Crippen molar-refractivity contribution in [3.63, 3.8) is 0 Å². The smallest absolute Gasteiger partial charge is 0.258 e. The van der Waals surface area contributed by atoms with Gasteiger partial charge in [-0.15, -0.1) is 0 Å². The number of aromatic nitrogens is 2. The quantitative estimate of drug-likeness (QED) is 0.400. The van der Waals surface area contributed by atoms with Gasteiger partial charge in [0, 0.05) is 45.3 Å². The van der Waals surface area contributed by atoms with Crippen LogP contribution in [0.5, 0.6) is 0 Å². The van der Waals surface area contributed by atoms with Gasteiger partial charge in [0.15, 0.2) is 0 Å². The van der Waals surface area contributed by atoms with Crippen LogP contribution in [0.15, 0.2) is 73.2 Å². The highest BCUT2D eigenvalue weighted by Gasteiger charge is 2.21. The van der Waals surface area contributed by atoms with Crippen molar-refractivity contribution in [3.8, 4) is 0 Å². The van der Waals surface area contributed by atoms with E-state index in [9.17, 15) is 4.79 Å². The zero-order valence-corrected chi connectivity index (χ0v) is 17.2. The van der Waals surface area contributed by atoms with Crippen LogP contribution in [0.1, 0.15) is 21.5 Å². The van der Waals surface area contributed by atoms with Gasteiger partial charge in [-0.25, -0.2) is 0 Å². The van der Waals surface area contributed by atoms with E-state index in [4.69, 9.17) is 23.2 Å². The zero-order valence-electron chi connectivity index (χ0n) is 15.6. The van der Waals surface area contributed by atoms with E-state index in [1.807, 2.05) is 37.3 Å². The second-order valence-electron chi connectivity index (χ2n) is 6.70. The number of hydrogen-bond acceptors (Lipinski definition) is 3. The van der Waals surface area contributed by atoms with Crippen LogP contribution >= 0.6 is 23.2 Å². The predicted octanol–water partition coefficient (Wildman–Crippen LogP) is 6.09. The van der Waals surface area contributed by atoms with E-state index in [0.717, 1.165) is 22.0 Å². The molecule has 4 rings (SSSR count). The molecule has 0 spiro atoms. The van der Waals surface area contributed by atoms with Gasteiger partial charge in [-0.1, -0.05) is 47.5 Å². The van der Waals surface area contributed by atoms with Gasteiger partial charge in [-0.05, 0) is 48.4 Å². The number of amides is 1. The molecule has 2 aromatic carbocycles. The third-order valence-electron chi connectivity index (χ3n) is 4.70. The molecule has 1 amide bonds. The Morgan fingerprint density at radius 2 is 1.76 bits per heavy atom. The Labute approximate surface area is 178 Å². The van der Waals surface area contributed by atoms with Crippen LogP contribution in [-0.2, 0) is 6.54 Å². The van der Waals surface area contributed by atoms with Crippen LogP contribution in [0.4, 0.5) is 5.69 Å². The highest BCUT2D eigenvalue weighted by Crippen LogP contribution is 2.29. The van der Waals surface area contributed by atoms with Gasteiger partial charge in [-0.2, -0.15) is 0 Å². The molecule has 0 aliphatic carbocycles. The maximum absolute atomic E-state index is 13.5. The third-order valence-corrected chi connectivity index (χ3v) is 5.14. The third kappa shape index (κ3) is 4.09. The molecule has 0 aliphatic heterocycles. The van der Waals surface area contributed by atoms with Gasteiger partial charge in [-0.3, -0.25) is 14.8 Å². The van der Waals surface area contributed by atoms with Gasteiger partial charge < -0.3 is 4.90 Å². The van der Waals surface area contributed by atoms with Crippen LogP contribution in [0, 0.1) is 6.92 Å². The number of carbonyl (C=O) groups excluding carboxylic acids is 1. The molecule has 0 saturated heterocycles. The van der Waals surface area contributed by atoms with Gasteiger partial charge in [0.05, 0.1) is 12.1 Å². The highest BCUT2D eigenvalue weighted by molar-refractivity contribution is 6.35. The topological polar surface area (TPSA) is 46.1 Å². The lowest BCUT2D eigenvalue weighted by Crippen LogP contribution is -2.31. The molecule has 0 fully saturated rings. The number of nitrogens with zero attached hydrogens (tertiary/aromatic N) is 3. The Hall–Kier alpha value is -2.95. The number of para-hydroxylation sites is 1. The Bertz CT molecular complexity index is 1180. The number of carbonyl (C=O) groups is 1. The summed E-state index contributed by atoms with van der Waals surface area (Å²) >= 11 is 12.5. The predicted molar refractivity (Wildman–Crippen MR) is 118 cm³/mol. The van der Waals surface area contributed by atoms with Crippen molar-refractivity contribution < 1.29 is 4.79 Å². The molecule has 2 heterocycles. The first-order valence-electron chi connectivity index (χ1n) is 9.04. The highest BCUT2D eigenvalue weighted by atomic mass is 35.5. The van der Waals surface area contributed by atoms with E-state index < -0.39 is 0 Å². The largest absolute Gasteiger partial charge is 0.304 e. The standard InChI is InChI=1S/C23H17Cl2N3O/c1-15-13-26-9-7-21(15)23(29)28(20-11-18(24)10-19(25)12-20)14-17-5-2-4-16-6-3-8-27-22(16)17/h2-13H,14H2,1H3. The molecule has 0 N–H and O–H groups in total. The minimum Gasteiger partial charge on any atom is -0.304 e. The summed E-state index contributed by atoms with van der Waals surface area (Å²) in [6.07, 6.45) is 5.04. The van der Waals surface area contributed by atoms with E-state index in [2.05, 4.69) is 9.97 Å². The fourth-order valence-corrected chi connectivity index (χ4v) is 3.81. The molecule has 29 heavy (non-hydrogen) atoms. The monoisotopic (exact) mass is 421 g/mol. The number of hydrogen-bond donors (Lipinski definition) is 0. The van der Waals surface area contributed by atoms with Crippen LogP contribution in [0.3, 0.4) is 0 Å². The Balaban J connectivity index is 1.84. The minimum absolute atomic E-state index is 0.156. The van der Waals surface area contributed by atoms with E-state index in [1.165, 1.54) is 0 Å². The van der Waals surface area contributed by atoms with Crippen molar-refractivity contribution in [2.24, 2.45) is 0 Å². The number of fused-ring (bicyclic) bond motifs is 1. The fraction of sp³-hybridized carbons (Fsp3) is 0.0870. The lowest BCUT2D eigenvalue weighted by atomic mass is 10.1. The SMILES string of the molecule is Cc1cnccc1C(=O)N(Cc1cccc2cccnc12)c1cc(Cl)cc(Cl)c1. The molecular formula is C23H17Cl2N3O. The summed E-state index contributed by atoms with van der Waals surface area (Å²) in [6, 6.07) is 16.7. The number of pyridine rings is 2. The Morgan fingerprint density at radius 1 is 1.00 bits per heavy atom. The lowest BCUT2D eigenvalue weighted by Gasteiger charge is -2.25. The molecule has 0 bridgehead atoms. The summed E-state index contributed by atoms with van der Waals surface area (Å²) < 4.78 is 0. The molecule has 144 valence electrons. The van der Waals surface area contributed by atoms with Crippen molar-refractivity contribution in [3.05, 3.63) is 99.9 Å². The second kappa shape index (κ2) is 8.19. The summed E-state index contributed by atoms with van der Waals surface area (Å²) in [5.74, 6) is -0.156.